The van der Waals surface area contributed by atoms with Crippen LogP contribution in [0, 0.1) is 5.92 Å². The van der Waals surface area contributed by atoms with Crippen LogP contribution in [0.4, 0.5) is 13.2 Å². The largest absolute Gasteiger partial charge is 0.481 e. The highest BCUT2D eigenvalue weighted by Gasteiger charge is 2.42. The predicted molar refractivity (Wildman–Crippen MR) is 47.6 cm³/mol. The molecule has 0 saturated carbocycles. The first-order chi connectivity index (χ1) is 7.30. The van der Waals surface area contributed by atoms with Gasteiger partial charge in [0.2, 0.25) is 5.91 Å². The van der Waals surface area contributed by atoms with Crippen LogP contribution in [0.25, 0.3) is 0 Å². The molecule has 1 rings (SSSR count). The van der Waals surface area contributed by atoms with Crippen molar-refractivity contribution in [2.75, 3.05) is 13.1 Å². The summed E-state index contributed by atoms with van der Waals surface area (Å²) in [6.45, 7) is -0.214. The van der Waals surface area contributed by atoms with Gasteiger partial charge in [-0.1, -0.05) is 0 Å². The normalized spacial score (nSPS) is 21.9. The molecule has 1 aliphatic heterocycles. The molecule has 1 N–H and O–H groups in total. The zero-order valence-electron chi connectivity index (χ0n) is 8.46. The number of alkyl halides is 3. The van der Waals surface area contributed by atoms with Crippen molar-refractivity contribution in [1.29, 1.82) is 0 Å². The number of nitrogens with zero attached hydrogens (tertiary/aromatic N) is 1. The second-order valence-corrected chi connectivity index (χ2v) is 3.79. The molecule has 0 aromatic rings. The zero-order valence-corrected chi connectivity index (χ0v) is 8.46. The fourth-order valence-corrected chi connectivity index (χ4v) is 1.71. The zero-order chi connectivity index (χ0) is 12.3. The lowest BCUT2D eigenvalue weighted by Crippen LogP contribution is -2.45. The summed E-state index contributed by atoms with van der Waals surface area (Å²) < 4.78 is 37.2. The van der Waals surface area contributed by atoms with Gasteiger partial charge in [-0.25, -0.2) is 0 Å². The van der Waals surface area contributed by atoms with E-state index in [0.717, 1.165) is 4.90 Å². The van der Waals surface area contributed by atoms with Gasteiger partial charge >= 0.3 is 12.1 Å². The molecule has 1 unspecified atom stereocenters. The van der Waals surface area contributed by atoms with Gasteiger partial charge in [-0.15, -0.1) is 0 Å². The van der Waals surface area contributed by atoms with Crippen molar-refractivity contribution in [3.63, 3.8) is 0 Å². The van der Waals surface area contributed by atoms with E-state index in [0.29, 0.717) is 0 Å². The number of halogens is 3. The van der Waals surface area contributed by atoms with Crippen molar-refractivity contribution < 1.29 is 27.9 Å². The highest BCUT2D eigenvalue weighted by atomic mass is 19.4. The molecule has 1 saturated heterocycles. The first kappa shape index (κ1) is 12.8. The van der Waals surface area contributed by atoms with Crippen LogP contribution in [-0.4, -0.2) is 41.1 Å². The van der Waals surface area contributed by atoms with E-state index < -0.39 is 36.9 Å². The molecule has 1 amide bonds. The van der Waals surface area contributed by atoms with E-state index in [2.05, 4.69) is 0 Å². The third-order valence-corrected chi connectivity index (χ3v) is 2.54. The molecular formula is C9H12F3NO3. The van der Waals surface area contributed by atoms with Crippen LogP contribution in [0.2, 0.25) is 0 Å². The van der Waals surface area contributed by atoms with Gasteiger partial charge in [0.15, 0.2) is 0 Å². The Morgan fingerprint density at radius 2 is 2.00 bits per heavy atom. The number of aliphatic carboxylic acids is 1. The van der Waals surface area contributed by atoms with Gasteiger partial charge in [0.05, 0.1) is 5.92 Å². The number of carbonyl (C=O) groups excluding carboxylic acids is 1. The standard InChI is InChI=1S/C9H12F3NO3/c10-9(11,12)6-2-1-3-13(5-6)7(14)4-8(15)16/h6H,1-5H2,(H,15,16). The SMILES string of the molecule is O=C(O)CC(=O)N1CCCC(C(F)(F)F)C1. The molecule has 1 heterocycles. The Bertz CT molecular complexity index is 290. The lowest BCUT2D eigenvalue weighted by atomic mass is 9.97. The molecule has 0 aromatic heterocycles. The molecule has 16 heavy (non-hydrogen) atoms. The Labute approximate surface area is 90.0 Å². The van der Waals surface area contributed by atoms with Crippen molar-refractivity contribution in [3.05, 3.63) is 0 Å². The first-order valence-corrected chi connectivity index (χ1v) is 4.87. The van der Waals surface area contributed by atoms with Crippen LogP contribution in [-0.2, 0) is 9.59 Å². The van der Waals surface area contributed by atoms with Crippen LogP contribution < -0.4 is 0 Å². The molecule has 0 bridgehead atoms. The summed E-state index contributed by atoms with van der Waals surface area (Å²) in [6.07, 6.45) is -4.80. The minimum atomic E-state index is -4.32. The molecule has 1 atom stereocenters. The lowest BCUT2D eigenvalue weighted by molar-refractivity contribution is -0.188. The van der Waals surface area contributed by atoms with Crippen LogP contribution >= 0.6 is 0 Å². The van der Waals surface area contributed by atoms with E-state index in [-0.39, 0.29) is 19.4 Å². The van der Waals surface area contributed by atoms with E-state index in [9.17, 15) is 22.8 Å². The number of piperidine rings is 1. The van der Waals surface area contributed by atoms with E-state index in [1.54, 1.807) is 0 Å². The summed E-state index contributed by atoms with van der Waals surface area (Å²) in [5, 5.41) is 8.37. The van der Waals surface area contributed by atoms with Gasteiger partial charge in [0.25, 0.3) is 0 Å². The maximum atomic E-state index is 12.4. The van der Waals surface area contributed by atoms with Crippen LogP contribution in [0.1, 0.15) is 19.3 Å². The molecule has 4 nitrogen and oxygen atoms in total. The Morgan fingerprint density at radius 1 is 1.38 bits per heavy atom. The fourth-order valence-electron chi connectivity index (χ4n) is 1.71. The fraction of sp³-hybridized carbons (Fsp3) is 0.778. The molecule has 0 aromatic carbocycles. The molecule has 0 spiro atoms. The Balaban J connectivity index is 2.57. The maximum Gasteiger partial charge on any atom is 0.393 e. The van der Waals surface area contributed by atoms with E-state index >= 15 is 0 Å². The van der Waals surface area contributed by atoms with Crippen LogP contribution in [0.5, 0.6) is 0 Å². The van der Waals surface area contributed by atoms with Crippen molar-refractivity contribution in [2.45, 2.75) is 25.4 Å². The summed E-state index contributed by atoms with van der Waals surface area (Å²) >= 11 is 0. The average molecular weight is 239 g/mol. The predicted octanol–water partition coefficient (Wildman–Crippen LogP) is 1.26. The highest BCUT2D eigenvalue weighted by molar-refractivity contribution is 5.93. The van der Waals surface area contributed by atoms with E-state index in [4.69, 9.17) is 5.11 Å². The molecule has 1 aliphatic rings. The average Bonchev–Trinajstić information content (AvgIpc) is 2.15. The number of carbonyl (C=O) groups is 2. The number of carboxylic acids is 1. The number of carboxylic acid groups (broad SMARTS) is 1. The van der Waals surface area contributed by atoms with Crippen LogP contribution in [0.3, 0.4) is 0 Å². The number of rotatable bonds is 2. The summed E-state index contributed by atoms with van der Waals surface area (Å²) in [7, 11) is 0. The summed E-state index contributed by atoms with van der Waals surface area (Å²) in [6, 6.07) is 0. The van der Waals surface area contributed by atoms with Crippen LogP contribution in [0.15, 0.2) is 0 Å². The molecule has 1 fully saturated rings. The topological polar surface area (TPSA) is 57.6 Å². The molecular weight excluding hydrogens is 227 g/mol. The Hall–Kier alpha value is -1.27. The number of hydrogen-bond donors (Lipinski definition) is 1. The van der Waals surface area contributed by atoms with Gasteiger partial charge in [0.1, 0.15) is 6.42 Å². The maximum absolute atomic E-state index is 12.4. The van der Waals surface area contributed by atoms with Crippen molar-refractivity contribution in [3.8, 4) is 0 Å². The van der Waals surface area contributed by atoms with Gasteiger partial charge in [0, 0.05) is 13.1 Å². The third-order valence-electron chi connectivity index (χ3n) is 2.54. The van der Waals surface area contributed by atoms with Gasteiger partial charge in [-0.2, -0.15) is 13.2 Å². The lowest BCUT2D eigenvalue weighted by Gasteiger charge is -2.33. The number of likely N-dealkylation sites (tertiary alicyclic amines) is 1. The molecule has 0 aliphatic carbocycles. The van der Waals surface area contributed by atoms with Gasteiger partial charge in [-0.05, 0) is 12.8 Å². The van der Waals surface area contributed by atoms with Crippen molar-refractivity contribution in [2.24, 2.45) is 5.92 Å². The van der Waals surface area contributed by atoms with E-state index in [1.807, 2.05) is 0 Å². The third kappa shape index (κ3) is 3.39. The highest BCUT2D eigenvalue weighted by Crippen LogP contribution is 2.33. The quantitative estimate of drug-likeness (QED) is 0.738. The minimum absolute atomic E-state index is 0.000349. The van der Waals surface area contributed by atoms with Gasteiger partial charge in [-0.3, -0.25) is 9.59 Å². The Morgan fingerprint density at radius 3 is 2.50 bits per heavy atom. The molecule has 0 radical (unpaired) electrons. The monoisotopic (exact) mass is 239 g/mol. The molecule has 7 heteroatoms. The summed E-state index contributed by atoms with van der Waals surface area (Å²) in [5.41, 5.74) is 0. The number of hydrogen-bond acceptors (Lipinski definition) is 2. The smallest absolute Gasteiger partial charge is 0.393 e. The van der Waals surface area contributed by atoms with Crippen molar-refractivity contribution in [1.82, 2.24) is 4.90 Å². The van der Waals surface area contributed by atoms with E-state index in [1.165, 1.54) is 0 Å². The second-order valence-electron chi connectivity index (χ2n) is 3.79. The number of amides is 1. The minimum Gasteiger partial charge on any atom is -0.481 e. The van der Waals surface area contributed by atoms with Crippen molar-refractivity contribution >= 4 is 11.9 Å². The summed E-state index contributed by atoms with van der Waals surface area (Å²) in [5.74, 6) is -3.60. The summed E-state index contributed by atoms with van der Waals surface area (Å²) in [4.78, 5) is 22.5. The second kappa shape index (κ2) is 4.71. The molecule has 92 valence electrons. The van der Waals surface area contributed by atoms with Gasteiger partial charge < -0.3 is 10.0 Å². The Kier molecular flexibility index (Phi) is 3.77. The first-order valence-electron chi connectivity index (χ1n) is 4.87.